The van der Waals surface area contributed by atoms with Crippen molar-refractivity contribution in [2.75, 3.05) is 18.4 Å². The minimum atomic E-state index is -0.370. The van der Waals surface area contributed by atoms with Crippen LogP contribution in [0.3, 0.4) is 0 Å². The van der Waals surface area contributed by atoms with Gasteiger partial charge in [0, 0.05) is 65.3 Å². The third-order valence-electron chi connectivity index (χ3n) is 8.18. The van der Waals surface area contributed by atoms with Gasteiger partial charge in [-0.2, -0.15) is 5.10 Å². The van der Waals surface area contributed by atoms with Crippen LogP contribution < -0.4 is 10.6 Å². The Kier molecular flexibility index (Phi) is 9.09. The first-order chi connectivity index (χ1) is 22.3. The van der Waals surface area contributed by atoms with Crippen molar-refractivity contribution >= 4 is 51.4 Å². The van der Waals surface area contributed by atoms with Crippen LogP contribution in [0.1, 0.15) is 33.9 Å². The number of aromatic nitrogens is 4. The highest BCUT2D eigenvalue weighted by molar-refractivity contribution is 6.30. The number of H-pyrrole nitrogens is 1. The van der Waals surface area contributed by atoms with E-state index in [2.05, 4.69) is 36.4 Å². The van der Waals surface area contributed by atoms with Crippen molar-refractivity contribution in [2.45, 2.75) is 26.4 Å². The molecule has 46 heavy (non-hydrogen) atoms. The Bertz CT molecular complexity index is 2040. The van der Waals surface area contributed by atoms with E-state index in [1.54, 1.807) is 24.3 Å². The molecular weight excluding hydrogens is 605 g/mol. The Balaban J connectivity index is 1.12. The first kappa shape index (κ1) is 30.9. The molecule has 1 aliphatic heterocycles. The molecule has 0 spiro atoms. The highest BCUT2D eigenvalue weighted by Gasteiger charge is 2.18. The van der Waals surface area contributed by atoms with E-state index in [-0.39, 0.29) is 18.3 Å². The van der Waals surface area contributed by atoms with Crippen molar-refractivity contribution in [2.24, 2.45) is 7.05 Å². The van der Waals surface area contributed by atoms with Crippen LogP contribution in [0.5, 0.6) is 0 Å². The van der Waals surface area contributed by atoms with Gasteiger partial charge in [-0.25, -0.2) is 9.37 Å². The zero-order valence-corrected chi connectivity index (χ0v) is 26.2. The lowest BCUT2D eigenvalue weighted by Gasteiger charge is -2.27. The normalized spacial score (nSPS) is 14.3. The molecule has 234 valence electrons. The molecule has 9 nitrogen and oxygen atoms in total. The number of carbonyl (C=O) groups excluding carboxylic acids is 2. The summed E-state index contributed by atoms with van der Waals surface area (Å²) in [4.78, 5) is 31.1. The number of aromatic amines is 1. The standard InChI is InChI=1S/C35H33ClFN7O2/c1-22-28-17-24(7-10-31(28)42-41-22)35(46)39-27-9-11-33-32(19-27)40-34(43(33)2)21-44-14-12-23(13-15-44)30(5-3-4-16-45)38-20-25-6-8-26(36)18-29(25)37/h3-12,16-19,38H,13-15,20-21H2,1-2H3,(H,39,46)(H,41,42)/b4-3-,30-5-. The van der Waals surface area contributed by atoms with E-state index >= 15 is 0 Å². The molecule has 11 heteroatoms. The number of rotatable bonds is 10. The number of hydrogen-bond donors (Lipinski definition) is 3. The van der Waals surface area contributed by atoms with E-state index in [4.69, 9.17) is 16.6 Å². The maximum absolute atomic E-state index is 14.4. The molecular formula is C35H33ClFN7O2. The van der Waals surface area contributed by atoms with E-state index < -0.39 is 0 Å². The van der Waals surface area contributed by atoms with Crippen LogP contribution in [0.4, 0.5) is 10.1 Å². The van der Waals surface area contributed by atoms with Gasteiger partial charge in [0.05, 0.1) is 23.1 Å². The molecule has 2 aromatic heterocycles. The van der Waals surface area contributed by atoms with Gasteiger partial charge in [0.2, 0.25) is 0 Å². The molecule has 0 unspecified atom stereocenters. The SMILES string of the molecule is Cc1[nH]nc2ccc(C(=O)Nc3ccc4c(c3)nc(CN3CC=C(/C(=C/C=C\C=O)NCc5ccc(Cl)cc5F)CC3)n4C)cc12. The molecule has 1 aliphatic rings. The zero-order valence-electron chi connectivity index (χ0n) is 25.5. The fraction of sp³-hybridized carbons (Fsp3) is 0.200. The number of benzene rings is 3. The second-order valence-corrected chi connectivity index (χ2v) is 11.7. The predicted molar refractivity (Wildman–Crippen MR) is 179 cm³/mol. The Morgan fingerprint density at radius 1 is 1.11 bits per heavy atom. The summed E-state index contributed by atoms with van der Waals surface area (Å²) < 4.78 is 16.4. The number of imidazole rings is 1. The number of halogens is 2. The van der Waals surface area contributed by atoms with E-state index in [0.717, 1.165) is 64.0 Å². The van der Waals surface area contributed by atoms with Crippen LogP contribution in [-0.2, 0) is 24.9 Å². The lowest BCUT2D eigenvalue weighted by atomic mass is 10.0. The maximum atomic E-state index is 14.4. The predicted octanol–water partition coefficient (Wildman–Crippen LogP) is 6.36. The average Bonchev–Trinajstić information content (AvgIpc) is 3.57. The van der Waals surface area contributed by atoms with Gasteiger partial charge in [0.1, 0.15) is 17.9 Å². The molecule has 0 fully saturated rings. The Hall–Kier alpha value is -5.06. The smallest absolute Gasteiger partial charge is 0.255 e. The molecule has 6 rings (SSSR count). The van der Waals surface area contributed by atoms with Gasteiger partial charge in [-0.3, -0.25) is 19.6 Å². The third-order valence-corrected chi connectivity index (χ3v) is 8.41. The van der Waals surface area contributed by atoms with Gasteiger partial charge in [0.25, 0.3) is 5.91 Å². The summed E-state index contributed by atoms with van der Waals surface area (Å²) in [5.74, 6) is 0.347. The third kappa shape index (κ3) is 6.78. The quantitative estimate of drug-likeness (QED) is 0.0934. The highest BCUT2D eigenvalue weighted by atomic mass is 35.5. The summed E-state index contributed by atoms with van der Waals surface area (Å²) in [6.45, 7) is 4.35. The topological polar surface area (TPSA) is 108 Å². The molecule has 0 saturated heterocycles. The minimum absolute atomic E-state index is 0.197. The van der Waals surface area contributed by atoms with Crippen molar-refractivity contribution in [3.8, 4) is 0 Å². The van der Waals surface area contributed by atoms with Crippen LogP contribution in [0.15, 0.2) is 90.2 Å². The summed E-state index contributed by atoms with van der Waals surface area (Å²) in [5, 5.41) is 14.8. The molecule has 1 amide bonds. The van der Waals surface area contributed by atoms with Gasteiger partial charge in [-0.1, -0.05) is 29.8 Å². The van der Waals surface area contributed by atoms with Crippen LogP contribution in [0.25, 0.3) is 21.9 Å². The number of carbonyl (C=O) groups is 2. The molecule has 0 atom stereocenters. The molecule has 0 bridgehead atoms. The first-order valence-electron chi connectivity index (χ1n) is 14.9. The Labute approximate surface area is 270 Å². The Morgan fingerprint density at radius 3 is 2.76 bits per heavy atom. The van der Waals surface area contributed by atoms with Gasteiger partial charge in [-0.05, 0) is 79.6 Å². The van der Waals surface area contributed by atoms with Crippen LogP contribution in [-0.4, -0.2) is 49.9 Å². The van der Waals surface area contributed by atoms with E-state index in [1.807, 2.05) is 50.4 Å². The van der Waals surface area contributed by atoms with Crippen molar-refractivity contribution in [3.63, 3.8) is 0 Å². The van der Waals surface area contributed by atoms with E-state index in [0.29, 0.717) is 34.9 Å². The van der Waals surface area contributed by atoms with Gasteiger partial charge in [-0.15, -0.1) is 0 Å². The van der Waals surface area contributed by atoms with Gasteiger partial charge >= 0.3 is 0 Å². The second-order valence-electron chi connectivity index (χ2n) is 11.2. The minimum Gasteiger partial charge on any atom is -0.381 e. The number of allylic oxidation sites excluding steroid dienone is 4. The summed E-state index contributed by atoms with van der Waals surface area (Å²) in [7, 11) is 2.00. The fourth-order valence-corrected chi connectivity index (χ4v) is 5.74. The highest BCUT2D eigenvalue weighted by Crippen LogP contribution is 2.25. The van der Waals surface area contributed by atoms with Gasteiger partial charge in [0.15, 0.2) is 0 Å². The van der Waals surface area contributed by atoms with E-state index in [9.17, 15) is 14.0 Å². The molecule has 0 aliphatic carbocycles. The monoisotopic (exact) mass is 637 g/mol. The van der Waals surface area contributed by atoms with E-state index in [1.165, 1.54) is 12.1 Å². The number of aldehydes is 1. The zero-order chi connectivity index (χ0) is 32.2. The molecule has 5 aromatic rings. The van der Waals surface area contributed by atoms with Crippen molar-refractivity contribution in [1.82, 2.24) is 30.0 Å². The largest absolute Gasteiger partial charge is 0.381 e. The van der Waals surface area contributed by atoms with Crippen LogP contribution in [0.2, 0.25) is 5.02 Å². The van der Waals surface area contributed by atoms with Crippen molar-refractivity contribution in [1.29, 1.82) is 0 Å². The molecule has 3 N–H and O–H groups in total. The second kappa shape index (κ2) is 13.5. The number of amides is 1. The number of aryl methyl sites for hydroxylation is 2. The number of nitrogens with one attached hydrogen (secondary N) is 3. The first-order valence-corrected chi connectivity index (χ1v) is 15.3. The number of anilines is 1. The number of nitrogens with zero attached hydrogens (tertiary/aromatic N) is 4. The average molecular weight is 638 g/mol. The summed E-state index contributed by atoms with van der Waals surface area (Å²) in [6.07, 6.45) is 8.57. The van der Waals surface area contributed by atoms with Gasteiger partial charge < -0.3 is 15.2 Å². The summed E-state index contributed by atoms with van der Waals surface area (Å²) in [5.41, 5.74) is 7.17. The van der Waals surface area contributed by atoms with Crippen LogP contribution >= 0.6 is 11.6 Å². The maximum Gasteiger partial charge on any atom is 0.255 e. The molecule has 0 saturated carbocycles. The lowest BCUT2D eigenvalue weighted by molar-refractivity contribution is -0.104. The number of hydrogen-bond acceptors (Lipinski definition) is 6. The Morgan fingerprint density at radius 2 is 1.98 bits per heavy atom. The molecule has 3 heterocycles. The lowest BCUT2D eigenvalue weighted by Crippen LogP contribution is -2.31. The fourth-order valence-electron chi connectivity index (χ4n) is 5.58. The summed E-state index contributed by atoms with van der Waals surface area (Å²) in [6, 6.07) is 15.8. The van der Waals surface area contributed by atoms with Crippen LogP contribution in [0, 0.1) is 12.7 Å². The number of fused-ring (bicyclic) bond motifs is 2. The molecule has 0 radical (unpaired) electrons. The van der Waals surface area contributed by atoms with Crippen molar-refractivity contribution in [3.05, 3.63) is 124 Å². The van der Waals surface area contributed by atoms with Crippen molar-refractivity contribution < 1.29 is 14.0 Å². The molecule has 3 aromatic carbocycles. The summed E-state index contributed by atoms with van der Waals surface area (Å²) >= 11 is 5.90.